The lowest BCUT2D eigenvalue weighted by Crippen LogP contribution is -2.22. The Morgan fingerprint density at radius 2 is 1.65 bits per heavy atom. The maximum Gasteiger partial charge on any atom is 0.256 e. The Hall–Kier alpha value is -0.400. The molecular weight excluding hydrogens is 277 g/mol. The van der Waals surface area contributed by atoms with E-state index in [0.717, 1.165) is 25.7 Å². The maximum absolute atomic E-state index is 12.4. The molecule has 0 spiro atoms. The highest BCUT2D eigenvalue weighted by atomic mass is 31.2. The summed E-state index contributed by atoms with van der Waals surface area (Å²) in [5.74, 6) is -0.433. The molecule has 0 amide bonds. The van der Waals surface area contributed by atoms with Crippen molar-refractivity contribution in [2.45, 2.75) is 58.9 Å². The summed E-state index contributed by atoms with van der Waals surface area (Å²) in [6, 6.07) is 0.959. The van der Waals surface area contributed by atoms with Crippen molar-refractivity contribution >= 4 is 7.37 Å². The minimum absolute atomic E-state index is 0.0666. The van der Waals surface area contributed by atoms with Crippen LogP contribution in [0, 0.1) is 17.2 Å². The van der Waals surface area contributed by atoms with Gasteiger partial charge in [0, 0.05) is 6.16 Å². The standard InChI is InChI=1S/C14H28NO4P/c1-4-7-9-18-14(19-10-8-5-2)20(16,17)12-13(6-3)11-15/h13-14H,4-10,12H2,1-3H3,(H,16,17). The second-order valence-corrected chi connectivity index (χ2v) is 7.23. The SMILES string of the molecule is CCCCOC(OCCCC)P(=O)(O)CC(C#N)CC. The van der Waals surface area contributed by atoms with Gasteiger partial charge in [-0.2, -0.15) is 5.26 Å². The Bertz CT molecular complexity index is 320. The minimum atomic E-state index is -3.64. The van der Waals surface area contributed by atoms with Gasteiger partial charge in [-0.05, 0) is 19.3 Å². The number of ether oxygens (including phenoxy) is 2. The molecule has 2 atom stereocenters. The molecule has 0 rings (SSSR count). The summed E-state index contributed by atoms with van der Waals surface area (Å²) in [5, 5.41) is 8.94. The van der Waals surface area contributed by atoms with Crippen LogP contribution >= 0.6 is 7.37 Å². The van der Waals surface area contributed by atoms with Crippen LogP contribution in [0.25, 0.3) is 0 Å². The van der Waals surface area contributed by atoms with E-state index in [1.807, 2.05) is 20.8 Å². The molecule has 0 fully saturated rings. The Morgan fingerprint density at radius 3 is 2.00 bits per heavy atom. The largest absolute Gasteiger partial charge is 0.344 e. The normalized spacial score (nSPS) is 15.8. The molecule has 2 unspecified atom stereocenters. The van der Waals surface area contributed by atoms with Crippen LogP contribution in [-0.2, 0) is 14.0 Å². The number of hydrogen-bond donors (Lipinski definition) is 1. The van der Waals surface area contributed by atoms with Crippen LogP contribution in [0.5, 0.6) is 0 Å². The van der Waals surface area contributed by atoms with Gasteiger partial charge in [-0.15, -0.1) is 0 Å². The molecule has 0 aliphatic rings. The van der Waals surface area contributed by atoms with Gasteiger partial charge >= 0.3 is 0 Å². The summed E-state index contributed by atoms with van der Waals surface area (Å²) < 4.78 is 23.3. The van der Waals surface area contributed by atoms with Crippen LogP contribution < -0.4 is 0 Å². The second-order valence-electron chi connectivity index (χ2n) is 4.93. The highest BCUT2D eigenvalue weighted by molar-refractivity contribution is 7.58. The first-order valence-electron chi connectivity index (χ1n) is 7.46. The van der Waals surface area contributed by atoms with Crippen LogP contribution in [0.3, 0.4) is 0 Å². The van der Waals surface area contributed by atoms with Crippen molar-refractivity contribution < 1.29 is 18.9 Å². The minimum Gasteiger partial charge on any atom is -0.344 e. The molecular formula is C14H28NO4P. The number of rotatable bonds is 12. The highest BCUT2D eigenvalue weighted by Gasteiger charge is 2.35. The van der Waals surface area contributed by atoms with E-state index in [9.17, 15) is 9.46 Å². The molecule has 0 bridgehead atoms. The van der Waals surface area contributed by atoms with Crippen molar-refractivity contribution in [3.8, 4) is 6.07 Å². The summed E-state index contributed by atoms with van der Waals surface area (Å²) >= 11 is 0. The lowest BCUT2D eigenvalue weighted by molar-refractivity contribution is -0.0962. The van der Waals surface area contributed by atoms with Crippen LogP contribution in [0.15, 0.2) is 0 Å². The third-order valence-electron chi connectivity index (χ3n) is 3.00. The Morgan fingerprint density at radius 1 is 1.15 bits per heavy atom. The van der Waals surface area contributed by atoms with Crippen LogP contribution in [0.2, 0.25) is 0 Å². The summed E-state index contributed by atoms with van der Waals surface area (Å²) in [7, 11) is -3.64. The van der Waals surface area contributed by atoms with Crippen LogP contribution in [0.1, 0.15) is 52.9 Å². The van der Waals surface area contributed by atoms with Crippen molar-refractivity contribution in [1.29, 1.82) is 5.26 Å². The van der Waals surface area contributed by atoms with Gasteiger partial charge in [-0.25, -0.2) is 0 Å². The first-order chi connectivity index (χ1) is 9.51. The van der Waals surface area contributed by atoms with Gasteiger partial charge < -0.3 is 14.4 Å². The van der Waals surface area contributed by atoms with Gasteiger partial charge in [0.15, 0.2) is 0 Å². The van der Waals surface area contributed by atoms with Crippen LogP contribution in [0.4, 0.5) is 0 Å². The maximum atomic E-state index is 12.4. The molecule has 1 N–H and O–H groups in total. The second kappa shape index (κ2) is 11.3. The molecule has 20 heavy (non-hydrogen) atoms. The molecule has 0 saturated heterocycles. The predicted molar refractivity (Wildman–Crippen MR) is 79.6 cm³/mol. The molecule has 0 heterocycles. The first-order valence-corrected chi connectivity index (χ1v) is 9.37. The zero-order valence-electron chi connectivity index (χ0n) is 12.9. The first kappa shape index (κ1) is 19.6. The van der Waals surface area contributed by atoms with E-state index in [1.165, 1.54) is 0 Å². The van der Waals surface area contributed by atoms with Gasteiger partial charge in [0.25, 0.3) is 7.37 Å². The van der Waals surface area contributed by atoms with Crippen molar-refractivity contribution in [2.75, 3.05) is 19.4 Å². The summed E-state index contributed by atoms with van der Waals surface area (Å²) in [5.41, 5.74) is 0. The van der Waals surface area contributed by atoms with E-state index in [-0.39, 0.29) is 6.16 Å². The van der Waals surface area contributed by atoms with E-state index in [2.05, 4.69) is 6.07 Å². The van der Waals surface area contributed by atoms with E-state index in [0.29, 0.717) is 19.6 Å². The van der Waals surface area contributed by atoms with Crippen molar-refractivity contribution in [3.05, 3.63) is 0 Å². The van der Waals surface area contributed by atoms with Crippen molar-refractivity contribution in [2.24, 2.45) is 5.92 Å². The Balaban J connectivity index is 4.60. The highest BCUT2D eigenvalue weighted by Crippen LogP contribution is 2.49. The topological polar surface area (TPSA) is 79.6 Å². The quantitative estimate of drug-likeness (QED) is 0.337. The van der Waals surface area contributed by atoms with Crippen LogP contribution in [-0.4, -0.2) is 30.3 Å². The third-order valence-corrected chi connectivity index (χ3v) is 4.92. The van der Waals surface area contributed by atoms with E-state index in [1.54, 1.807) is 0 Å². The van der Waals surface area contributed by atoms with E-state index in [4.69, 9.17) is 14.7 Å². The molecule has 0 radical (unpaired) electrons. The number of nitrogens with zero attached hydrogens (tertiary/aromatic N) is 1. The molecule has 0 aliphatic carbocycles. The van der Waals surface area contributed by atoms with E-state index < -0.39 is 19.3 Å². The monoisotopic (exact) mass is 305 g/mol. The molecule has 0 aromatic rings. The Labute approximate surface area is 122 Å². The molecule has 0 aromatic heterocycles. The van der Waals surface area contributed by atoms with Crippen molar-refractivity contribution in [3.63, 3.8) is 0 Å². The third kappa shape index (κ3) is 8.01. The fraction of sp³-hybridized carbons (Fsp3) is 0.929. The number of unbranched alkanes of at least 4 members (excludes halogenated alkanes) is 2. The summed E-state index contributed by atoms with van der Waals surface area (Å²) in [6.45, 7) is 6.69. The zero-order chi connectivity index (χ0) is 15.4. The lowest BCUT2D eigenvalue weighted by atomic mass is 10.1. The molecule has 118 valence electrons. The summed E-state index contributed by atoms with van der Waals surface area (Å²) in [4.78, 5) is 10.2. The van der Waals surface area contributed by atoms with Gasteiger partial charge in [0.2, 0.25) is 6.03 Å². The molecule has 0 saturated carbocycles. The summed E-state index contributed by atoms with van der Waals surface area (Å²) in [6.07, 6.45) is 4.03. The fourth-order valence-electron chi connectivity index (χ4n) is 1.60. The number of nitriles is 1. The molecule has 6 heteroatoms. The van der Waals surface area contributed by atoms with Gasteiger partial charge in [-0.1, -0.05) is 33.6 Å². The average molecular weight is 305 g/mol. The predicted octanol–water partition coefficient (Wildman–Crippen LogP) is 3.72. The number of hydrogen-bond acceptors (Lipinski definition) is 4. The van der Waals surface area contributed by atoms with Gasteiger partial charge in [0.1, 0.15) is 0 Å². The average Bonchev–Trinajstić information content (AvgIpc) is 2.43. The van der Waals surface area contributed by atoms with E-state index >= 15 is 0 Å². The molecule has 5 nitrogen and oxygen atoms in total. The Kier molecular flexibility index (Phi) is 11.1. The molecule has 0 aromatic carbocycles. The van der Waals surface area contributed by atoms with Gasteiger partial charge in [-0.3, -0.25) is 4.57 Å². The fourth-order valence-corrected chi connectivity index (χ4v) is 3.42. The van der Waals surface area contributed by atoms with Gasteiger partial charge in [0.05, 0.1) is 25.2 Å². The molecule has 0 aliphatic heterocycles. The lowest BCUT2D eigenvalue weighted by Gasteiger charge is -2.24. The smallest absolute Gasteiger partial charge is 0.256 e. The zero-order valence-corrected chi connectivity index (χ0v) is 13.8. The van der Waals surface area contributed by atoms with Crippen molar-refractivity contribution in [1.82, 2.24) is 0 Å².